The van der Waals surface area contributed by atoms with E-state index in [1.807, 2.05) is 12.1 Å². The number of benzene rings is 3. The first-order valence-corrected chi connectivity index (χ1v) is 10.7. The topological polar surface area (TPSA) is 64.0 Å². The van der Waals surface area contributed by atoms with E-state index >= 15 is 0 Å². The van der Waals surface area contributed by atoms with Gasteiger partial charge in [0.1, 0.15) is 5.82 Å². The molecule has 0 saturated heterocycles. The summed E-state index contributed by atoms with van der Waals surface area (Å²) in [5, 5.41) is 3.62. The molecule has 0 unspecified atom stereocenters. The maximum Gasteiger partial charge on any atom is 0.266 e. The molecule has 0 saturated carbocycles. The molecular weight excluding hydrogens is 469 g/mol. The summed E-state index contributed by atoms with van der Waals surface area (Å²) >= 11 is 4.51. The Morgan fingerprint density at radius 1 is 1.07 bits per heavy atom. The fourth-order valence-electron chi connectivity index (χ4n) is 2.92. The molecule has 150 valence electrons. The maximum absolute atomic E-state index is 13.4. The normalized spacial score (nSPS) is 10.9. The minimum atomic E-state index is -0.400. The molecule has 0 bridgehead atoms. The van der Waals surface area contributed by atoms with Gasteiger partial charge in [0.25, 0.3) is 5.56 Å². The van der Waals surface area contributed by atoms with Crippen LogP contribution in [0, 0.1) is 5.82 Å². The van der Waals surface area contributed by atoms with Gasteiger partial charge < -0.3 is 5.32 Å². The summed E-state index contributed by atoms with van der Waals surface area (Å²) in [5.41, 5.74) is 1.41. The first-order chi connectivity index (χ1) is 14.5. The summed E-state index contributed by atoms with van der Waals surface area (Å²) in [4.78, 5) is 30.1. The van der Waals surface area contributed by atoms with Gasteiger partial charge in [0, 0.05) is 10.2 Å². The Morgan fingerprint density at radius 3 is 2.60 bits per heavy atom. The van der Waals surface area contributed by atoms with E-state index in [4.69, 9.17) is 0 Å². The van der Waals surface area contributed by atoms with Crippen molar-refractivity contribution in [2.24, 2.45) is 0 Å². The molecule has 5 nitrogen and oxygen atoms in total. The molecule has 0 spiro atoms. The summed E-state index contributed by atoms with van der Waals surface area (Å²) in [6.07, 6.45) is 0. The van der Waals surface area contributed by atoms with Gasteiger partial charge in [0.15, 0.2) is 5.16 Å². The van der Waals surface area contributed by atoms with E-state index < -0.39 is 5.82 Å². The van der Waals surface area contributed by atoms with E-state index in [0.29, 0.717) is 27.4 Å². The number of hydrogen-bond donors (Lipinski definition) is 1. The van der Waals surface area contributed by atoms with Crippen molar-refractivity contribution in [3.63, 3.8) is 0 Å². The Bertz CT molecular complexity index is 1290. The third kappa shape index (κ3) is 4.44. The van der Waals surface area contributed by atoms with Crippen LogP contribution in [0.2, 0.25) is 0 Å². The number of carbonyl (C=O) groups excluding carboxylic acids is 1. The summed E-state index contributed by atoms with van der Waals surface area (Å²) in [5.74, 6) is -0.576. The molecule has 30 heavy (non-hydrogen) atoms. The van der Waals surface area contributed by atoms with E-state index in [0.717, 1.165) is 16.2 Å². The van der Waals surface area contributed by atoms with Crippen LogP contribution in [0.5, 0.6) is 0 Å². The van der Waals surface area contributed by atoms with E-state index in [2.05, 4.69) is 26.2 Å². The number of thioether (sulfide) groups is 1. The fourth-order valence-corrected chi connectivity index (χ4v) is 4.13. The fraction of sp³-hybridized carbons (Fsp3) is 0.0455. The van der Waals surface area contributed by atoms with Gasteiger partial charge in [-0.3, -0.25) is 14.2 Å². The van der Waals surface area contributed by atoms with Crippen LogP contribution in [0.15, 0.2) is 87.2 Å². The summed E-state index contributed by atoms with van der Waals surface area (Å²) in [6.45, 7) is 0. The van der Waals surface area contributed by atoms with E-state index in [-0.39, 0.29) is 17.2 Å². The lowest BCUT2D eigenvalue weighted by Gasteiger charge is -2.13. The highest BCUT2D eigenvalue weighted by atomic mass is 79.9. The molecule has 0 radical (unpaired) electrons. The van der Waals surface area contributed by atoms with Crippen LogP contribution >= 0.6 is 27.7 Å². The Morgan fingerprint density at radius 2 is 1.83 bits per heavy atom. The molecule has 0 aliphatic rings. The van der Waals surface area contributed by atoms with Crippen molar-refractivity contribution in [3.05, 3.63) is 93.4 Å². The molecule has 1 N–H and O–H groups in total. The predicted molar refractivity (Wildman–Crippen MR) is 121 cm³/mol. The van der Waals surface area contributed by atoms with Gasteiger partial charge in [-0.1, -0.05) is 45.9 Å². The zero-order chi connectivity index (χ0) is 21.1. The predicted octanol–water partition coefficient (Wildman–Crippen LogP) is 5.02. The van der Waals surface area contributed by atoms with Gasteiger partial charge in [-0.05, 0) is 54.6 Å². The van der Waals surface area contributed by atoms with Crippen LogP contribution in [-0.2, 0) is 4.79 Å². The van der Waals surface area contributed by atoms with Crippen molar-refractivity contribution in [1.29, 1.82) is 0 Å². The van der Waals surface area contributed by atoms with Crippen LogP contribution in [0.1, 0.15) is 0 Å². The van der Waals surface area contributed by atoms with Gasteiger partial charge >= 0.3 is 0 Å². The minimum Gasteiger partial charge on any atom is -0.325 e. The lowest BCUT2D eigenvalue weighted by molar-refractivity contribution is -0.113. The second-order valence-corrected chi connectivity index (χ2v) is 8.23. The lowest BCUT2D eigenvalue weighted by Crippen LogP contribution is -2.23. The van der Waals surface area contributed by atoms with E-state index in [1.54, 1.807) is 36.4 Å². The largest absolute Gasteiger partial charge is 0.325 e. The molecule has 4 aromatic rings. The average Bonchev–Trinajstić information content (AvgIpc) is 2.73. The number of rotatable bonds is 5. The number of amides is 1. The van der Waals surface area contributed by atoms with Gasteiger partial charge in [0.05, 0.1) is 22.3 Å². The van der Waals surface area contributed by atoms with Gasteiger partial charge in [-0.2, -0.15) is 0 Å². The van der Waals surface area contributed by atoms with Gasteiger partial charge in [-0.25, -0.2) is 9.37 Å². The van der Waals surface area contributed by atoms with E-state index in [1.165, 1.54) is 28.8 Å². The molecule has 4 rings (SSSR count). The number of anilines is 1. The van der Waals surface area contributed by atoms with Crippen LogP contribution in [-0.4, -0.2) is 21.2 Å². The van der Waals surface area contributed by atoms with Crippen LogP contribution < -0.4 is 10.9 Å². The van der Waals surface area contributed by atoms with Crippen molar-refractivity contribution in [2.75, 3.05) is 11.1 Å². The average molecular weight is 484 g/mol. The second-order valence-electron chi connectivity index (χ2n) is 6.38. The third-order valence-corrected chi connectivity index (χ3v) is 5.70. The Balaban J connectivity index is 1.67. The Labute approximate surface area is 184 Å². The zero-order valence-electron chi connectivity index (χ0n) is 15.5. The van der Waals surface area contributed by atoms with Crippen molar-refractivity contribution >= 4 is 50.2 Å². The molecule has 3 aromatic carbocycles. The number of hydrogen-bond acceptors (Lipinski definition) is 4. The highest BCUT2D eigenvalue weighted by Gasteiger charge is 2.15. The quantitative estimate of drug-likeness (QED) is 0.319. The number of nitrogens with zero attached hydrogens (tertiary/aromatic N) is 2. The summed E-state index contributed by atoms with van der Waals surface area (Å²) in [6, 6.07) is 19.9. The Hall–Kier alpha value is -2.97. The van der Waals surface area contributed by atoms with Gasteiger partial charge in [0.2, 0.25) is 5.91 Å². The minimum absolute atomic E-state index is 0.0541. The highest BCUT2D eigenvalue weighted by molar-refractivity contribution is 9.10. The maximum atomic E-state index is 13.4. The van der Waals surface area contributed by atoms with E-state index in [9.17, 15) is 14.0 Å². The molecule has 0 fully saturated rings. The van der Waals surface area contributed by atoms with Gasteiger partial charge in [-0.15, -0.1) is 0 Å². The second kappa shape index (κ2) is 8.81. The molecule has 0 aliphatic heterocycles. The highest BCUT2D eigenvalue weighted by Crippen LogP contribution is 2.22. The zero-order valence-corrected chi connectivity index (χ0v) is 17.9. The first kappa shape index (κ1) is 20.3. The number of nitrogens with one attached hydrogen (secondary N) is 1. The molecular formula is C22H15BrFN3O2S. The Kier molecular flexibility index (Phi) is 5.96. The van der Waals surface area contributed by atoms with Crippen LogP contribution in [0.25, 0.3) is 16.6 Å². The molecule has 1 amide bonds. The molecule has 1 aromatic heterocycles. The summed E-state index contributed by atoms with van der Waals surface area (Å²) in [7, 11) is 0. The number of halogens is 2. The third-order valence-electron chi connectivity index (χ3n) is 4.27. The molecule has 0 aliphatic carbocycles. The van der Waals surface area contributed by atoms with Crippen LogP contribution in [0.4, 0.5) is 10.1 Å². The standard InChI is InChI=1S/C22H15BrFN3O2S/c23-14-4-3-5-16(12-14)25-20(28)13-30-22-26-19-7-2-1-6-18(19)21(29)27(22)17-10-8-15(24)9-11-17/h1-12H,13H2,(H,25,28). The SMILES string of the molecule is O=C(CSc1nc2ccccc2c(=O)n1-c1ccc(F)cc1)Nc1cccc(Br)c1. The number of carbonyl (C=O) groups is 1. The monoisotopic (exact) mass is 483 g/mol. The molecule has 0 atom stereocenters. The number of aromatic nitrogens is 2. The lowest BCUT2D eigenvalue weighted by atomic mass is 10.2. The number of para-hydroxylation sites is 1. The summed E-state index contributed by atoms with van der Waals surface area (Å²) < 4.78 is 15.6. The van der Waals surface area contributed by atoms with Crippen molar-refractivity contribution < 1.29 is 9.18 Å². The molecule has 1 heterocycles. The van der Waals surface area contributed by atoms with Crippen molar-refractivity contribution in [2.45, 2.75) is 5.16 Å². The van der Waals surface area contributed by atoms with Crippen molar-refractivity contribution in [3.8, 4) is 5.69 Å². The molecule has 8 heteroatoms. The van der Waals surface area contributed by atoms with Crippen LogP contribution in [0.3, 0.4) is 0 Å². The van der Waals surface area contributed by atoms with Crippen molar-refractivity contribution in [1.82, 2.24) is 9.55 Å². The number of fused-ring (bicyclic) bond motifs is 1. The smallest absolute Gasteiger partial charge is 0.266 e. The first-order valence-electron chi connectivity index (χ1n) is 8.97.